The highest BCUT2D eigenvalue weighted by molar-refractivity contribution is 5.84. The van der Waals surface area contributed by atoms with Crippen molar-refractivity contribution in [3.8, 4) is 23.0 Å². The second-order valence-corrected chi connectivity index (χ2v) is 6.90. The van der Waals surface area contributed by atoms with E-state index in [4.69, 9.17) is 14.2 Å². The molecule has 0 aliphatic rings. The summed E-state index contributed by atoms with van der Waals surface area (Å²) < 4.78 is 16.7. The van der Waals surface area contributed by atoms with Crippen LogP contribution < -0.4 is 19.6 Å². The summed E-state index contributed by atoms with van der Waals surface area (Å²) in [5.74, 6) is 1.27. The molecule has 1 atom stereocenters. The lowest BCUT2D eigenvalue weighted by Crippen LogP contribution is -2.33. The molecule has 3 aromatic carbocycles. The molecule has 0 unspecified atom stereocenters. The van der Waals surface area contributed by atoms with E-state index in [1.54, 1.807) is 43.3 Å². The number of benzene rings is 3. The normalized spacial score (nSPS) is 11.7. The van der Waals surface area contributed by atoms with E-state index >= 15 is 0 Å². The Bertz CT molecular complexity index is 1040. The van der Waals surface area contributed by atoms with Crippen LogP contribution in [-0.4, -0.2) is 29.9 Å². The zero-order chi connectivity index (χ0) is 22.8. The van der Waals surface area contributed by atoms with Crippen molar-refractivity contribution in [1.82, 2.24) is 5.43 Å². The van der Waals surface area contributed by atoms with Crippen LogP contribution >= 0.6 is 0 Å². The van der Waals surface area contributed by atoms with Gasteiger partial charge in [0.05, 0.1) is 12.8 Å². The molecule has 0 aliphatic carbocycles. The number of hydrazone groups is 1. The first kappa shape index (κ1) is 22.7. The van der Waals surface area contributed by atoms with Crippen molar-refractivity contribution in [3.05, 3.63) is 83.9 Å². The maximum Gasteiger partial charge on any atom is 0.280 e. The third-order valence-electron chi connectivity index (χ3n) is 4.43. The molecule has 32 heavy (non-hydrogen) atoms. The number of rotatable bonds is 10. The summed E-state index contributed by atoms with van der Waals surface area (Å²) >= 11 is 0. The second kappa shape index (κ2) is 11.4. The highest BCUT2D eigenvalue weighted by Crippen LogP contribution is 2.26. The van der Waals surface area contributed by atoms with Crippen LogP contribution in [0.4, 0.5) is 0 Å². The average Bonchev–Trinajstić information content (AvgIpc) is 2.81. The van der Waals surface area contributed by atoms with E-state index in [-0.39, 0.29) is 5.75 Å². The fraction of sp³-hybridized carbons (Fsp3) is 0.200. The van der Waals surface area contributed by atoms with Gasteiger partial charge in [-0.2, -0.15) is 5.10 Å². The van der Waals surface area contributed by atoms with E-state index in [2.05, 4.69) is 10.5 Å². The smallest absolute Gasteiger partial charge is 0.280 e. The van der Waals surface area contributed by atoms with Gasteiger partial charge >= 0.3 is 0 Å². The first-order valence-electron chi connectivity index (χ1n) is 10.3. The molecule has 0 saturated heterocycles. The molecule has 3 aromatic rings. The number of hydrogen-bond acceptors (Lipinski definition) is 6. The molecule has 0 heterocycles. The number of aromatic hydroxyl groups is 1. The monoisotopic (exact) mass is 434 g/mol. The largest absolute Gasteiger partial charge is 0.504 e. The number of ether oxygens (including phenoxy) is 3. The maximum atomic E-state index is 12.2. The van der Waals surface area contributed by atoms with Crippen LogP contribution in [0.3, 0.4) is 0 Å². The number of nitrogens with one attached hydrogen (secondary N) is 1. The molecule has 0 saturated carbocycles. The fourth-order valence-electron chi connectivity index (χ4n) is 2.76. The first-order chi connectivity index (χ1) is 15.5. The molecule has 166 valence electrons. The van der Waals surface area contributed by atoms with Crippen LogP contribution in [0.15, 0.2) is 77.9 Å². The van der Waals surface area contributed by atoms with Gasteiger partial charge in [0.2, 0.25) is 0 Å². The Hall–Kier alpha value is -4.00. The van der Waals surface area contributed by atoms with Gasteiger partial charge < -0.3 is 19.3 Å². The lowest BCUT2D eigenvalue weighted by Gasteiger charge is -2.13. The van der Waals surface area contributed by atoms with Crippen molar-refractivity contribution in [3.63, 3.8) is 0 Å². The minimum absolute atomic E-state index is 0.0477. The number of carbonyl (C=O) groups is 1. The summed E-state index contributed by atoms with van der Waals surface area (Å²) in [6.45, 7) is 4.37. The van der Waals surface area contributed by atoms with E-state index in [0.717, 1.165) is 5.56 Å². The molecule has 1 amide bonds. The molecular weight excluding hydrogens is 408 g/mol. The lowest BCUT2D eigenvalue weighted by molar-refractivity contribution is -0.127. The molecular formula is C25H26N2O5. The highest BCUT2D eigenvalue weighted by atomic mass is 16.5. The van der Waals surface area contributed by atoms with Gasteiger partial charge in [0.1, 0.15) is 18.1 Å². The molecule has 0 spiro atoms. The van der Waals surface area contributed by atoms with E-state index in [0.29, 0.717) is 36.0 Å². The zero-order valence-electron chi connectivity index (χ0n) is 18.0. The number of amides is 1. The van der Waals surface area contributed by atoms with Crippen molar-refractivity contribution >= 4 is 12.1 Å². The first-order valence-corrected chi connectivity index (χ1v) is 10.3. The minimum Gasteiger partial charge on any atom is -0.504 e. The molecule has 7 heteroatoms. The molecule has 7 nitrogen and oxygen atoms in total. The average molecular weight is 434 g/mol. The van der Waals surface area contributed by atoms with Gasteiger partial charge in [-0.1, -0.05) is 30.3 Å². The van der Waals surface area contributed by atoms with E-state index in [1.807, 2.05) is 37.3 Å². The summed E-state index contributed by atoms with van der Waals surface area (Å²) in [4.78, 5) is 12.2. The predicted octanol–water partition coefficient (Wildman–Crippen LogP) is 4.29. The standard InChI is InChI=1S/C25H26N2O5/c1-3-30-24-15-20(9-14-23(24)28)16-26-27-25(29)18(2)32-22-12-10-21(11-13-22)31-17-19-7-5-4-6-8-19/h4-16,18,28H,3,17H2,1-2H3,(H,27,29)/b26-16-/t18-/m1/s1. The Morgan fingerprint density at radius 1 is 1.03 bits per heavy atom. The van der Waals surface area contributed by atoms with E-state index < -0.39 is 12.0 Å². The fourth-order valence-corrected chi connectivity index (χ4v) is 2.76. The summed E-state index contributed by atoms with van der Waals surface area (Å²) in [6.07, 6.45) is 0.716. The highest BCUT2D eigenvalue weighted by Gasteiger charge is 2.14. The lowest BCUT2D eigenvalue weighted by atomic mass is 10.2. The van der Waals surface area contributed by atoms with Crippen LogP contribution in [0, 0.1) is 0 Å². The Morgan fingerprint density at radius 2 is 1.75 bits per heavy atom. The summed E-state index contributed by atoms with van der Waals surface area (Å²) in [5.41, 5.74) is 4.20. The van der Waals surface area contributed by atoms with Gasteiger partial charge in [0.25, 0.3) is 5.91 Å². The third-order valence-corrected chi connectivity index (χ3v) is 4.43. The Morgan fingerprint density at radius 3 is 2.47 bits per heavy atom. The van der Waals surface area contributed by atoms with Gasteiger partial charge in [-0.25, -0.2) is 5.43 Å². The number of carbonyl (C=O) groups excluding carboxylic acids is 1. The molecule has 0 aliphatic heterocycles. The van der Waals surface area contributed by atoms with Gasteiger partial charge in [0, 0.05) is 0 Å². The molecule has 0 bridgehead atoms. The predicted molar refractivity (Wildman–Crippen MR) is 122 cm³/mol. The van der Waals surface area contributed by atoms with Crippen LogP contribution in [0.5, 0.6) is 23.0 Å². The molecule has 0 radical (unpaired) electrons. The van der Waals surface area contributed by atoms with Gasteiger partial charge in [-0.15, -0.1) is 0 Å². The number of hydrogen-bond donors (Lipinski definition) is 2. The molecule has 3 rings (SSSR count). The van der Waals surface area contributed by atoms with E-state index in [9.17, 15) is 9.90 Å². The van der Waals surface area contributed by atoms with Crippen molar-refractivity contribution in [2.24, 2.45) is 5.10 Å². The molecule has 0 fully saturated rings. The van der Waals surface area contributed by atoms with Gasteiger partial charge in [-0.3, -0.25) is 4.79 Å². The zero-order valence-corrected chi connectivity index (χ0v) is 18.0. The SMILES string of the molecule is CCOc1cc(/C=N\NC(=O)[C@@H](C)Oc2ccc(OCc3ccccc3)cc2)ccc1O. The minimum atomic E-state index is -0.748. The van der Waals surface area contributed by atoms with Crippen molar-refractivity contribution in [1.29, 1.82) is 0 Å². The van der Waals surface area contributed by atoms with Gasteiger partial charge in [0.15, 0.2) is 17.6 Å². The topological polar surface area (TPSA) is 89.4 Å². The van der Waals surface area contributed by atoms with Gasteiger partial charge in [-0.05, 0) is 67.4 Å². The summed E-state index contributed by atoms with van der Waals surface area (Å²) in [7, 11) is 0. The molecule has 0 aromatic heterocycles. The van der Waals surface area contributed by atoms with Crippen molar-refractivity contribution in [2.45, 2.75) is 26.6 Å². The van der Waals surface area contributed by atoms with Crippen molar-refractivity contribution < 1.29 is 24.1 Å². The Balaban J connectivity index is 1.47. The Labute approximate surface area is 187 Å². The number of phenolic OH excluding ortho intramolecular Hbond substituents is 1. The third kappa shape index (κ3) is 6.77. The second-order valence-electron chi connectivity index (χ2n) is 6.90. The van der Waals surface area contributed by atoms with Crippen LogP contribution in [0.25, 0.3) is 0 Å². The number of nitrogens with zero attached hydrogens (tertiary/aromatic N) is 1. The van der Waals surface area contributed by atoms with Crippen LogP contribution in [0.2, 0.25) is 0 Å². The maximum absolute atomic E-state index is 12.2. The van der Waals surface area contributed by atoms with Crippen LogP contribution in [0.1, 0.15) is 25.0 Å². The summed E-state index contributed by atoms with van der Waals surface area (Å²) in [5, 5.41) is 13.7. The number of phenols is 1. The Kier molecular flexibility index (Phi) is 8.09. The van der Waals surface area contributed by atoms with E-state index in [1.165, 1.54) is 12.3 Å². The quantitative estimate of drug-likeness (QED) is 0.367. The van der Waals surface area contributed by atoms with Crippen LogP contribution in [-0.2, 0) is 11.4 Å². The summed E-state index contributed by atoms with van der Waals surface area (Å²) in [6, 6.07) is 21.8. The van der Waals surface area contributed by atoms with Crippen molar-refractivity contribution in [2.75, 3.05) is 6.61 Å². The molecule has 2 N–H and O–H groups in total.